The molecule has 0 spiro atoms. The van der Waals surface area contributed by atoms with Crippen LogP contribution in [-0.2, 0) is 14.4 Å². The lowest BCUT2D eigenvalue weighted by molar-refractivity contribution is -0.132. The van der Waals surface area contributed by atoms with E-state index in [2.05, 4.69) is 10.9 Å². The first-order valence-corrected chi connectivity index (χ1v) is 7.12. The number of fused-ring (bicyclic) bond motifs is 1. The van der Waals surface area contributed by atoms with Crippen LogP contribution in [0.3, 0.4) is 0 Å². The van der Waals surface area contributed by atoms with E-state index in [0.717, 1.165) is 16.8 Å². The first kappa shape index (κ1) is 17.0. The van der Waals surface area contributed by atoms with Gasteiger partial charge < -0.3 is 9.84 Å². The fraction of sp³-hybridized carbons (Fsp3) is 0.118. The molecule has 0 aromatic heterocycles. The fourth-order valence-electron chi connectivity index (χ4n) is 1.91. The SMILES string of the molecule is C[C@H](Oc1ccc2ccccc2c1)C(=O)NNC(=O)/C=C/C(=O)O. The first-order valence-electron chi connectivity index (χ1n) is 7.12. The van der Waals surface area contributed by atoms with E-state index in [-0.39, 0.29) is 0 Å². The number of carbonyl (C=O) groups is 3. The molecule has 2 amide bonds. The van der Waals surface area contributed by atoms with Crippen molar-refractivity contribution in [2.45, 2.75) is 13.0 Å². The van der Waals surface area contributed by atoms with E-state index in [0.29, 0.717) is 11.8 Å². The second-order valence-electron chi connectivity index (χ2n) is 4.92. The van der Waals surface area contributed by atoms with E-state index < -0.39 is 23.9 Å². The normalized spacial score (nSPS) is 11.9. The Labute approximate surface area is 137 Å². The van der Waals surface area contributed by atoms with Crippen LogP contribution in [0, 0.1) is 0 Å². The minimum atomic E-state index is -1.26. The van der Waals surface area contributed by atoms with Gasteiger partial charge in [-0.25, -0.2) is 4.79 Å². The Balaban J connectivity index is 1.90. The number of hydrogen-bond donors (Lipinski definition) is 3. The topological polar surface area (TPSA) is 105 Å². The molecule has 7 heteroatoms. The number of ether oxygens (including phenoxy) is 1. The Morgan fingerprint density at radius 2 is 1.75 bits per heavy atom. The zero-order chi connectivity index (χ0) is 17.5. The van der Waals surface area contributed by atoms with E-state index >= 15 is 0 Å². The highest BCUT2D eigenvalue weighted by Crippen LogP contribution is 2.21. The summed E-state index contributed by atoms with van der Waals surface area (Å²) in [6, 6.07) is 13.2. The number of carboxylic acids is 1. The number of hydrazine groups is 1. The minimum absolute atomic E-state index is 0.522. The molecule has 0 bridgehead atoms. The molecule has 0 heterocycles. The maximum Gasteiger partial charge on any atom is 0.328 e. The van der Waals surface area contributed by atoms with E-state index in [1.165, 1.54) is 6.92 Å². The lowest BCUT2D eigenvalue weighted by atomic mass is 10.1. The second kappa shape index (κ2) is 7.77. The van der Waals surface area contributed by atoms with Gasteiger partial charge in [-0.05, 0) is 29.8 Å². The third-order valence-electron chi connectivity index (χ3n) is 3.09. The Bertz CT molecular complexity index is 800. The Hall–Kier alpha value is -3.35. The Morgan fingerprint density at radius 1 is 1.04 bits per heavy atom. The van der Waals surface area contributed by atoms with Gasteiger partial charge in [0.15, 0.2) is 6.10 Å². The van der Waals surface area contributed by atoms with Crippen molar-refractivity contribution in [3.8, 4) is 5.75 Å². The van der Waals surface area contributed by atoms with Crippen molar-refractivity contribution in [3.05, 3.63) is 54.6 Å². The molecule has 7 nitrogen and oxygen atoms in total. The van der Waals surface area contributed by atoms with Crippen molar-refractivity contribution >= 4 is 28.6 Å². The smallest absolute Gasteiger partial charge is 0.328 e. The van der Waals surface area contributed by atoms with Crippen molar-refractivity contribution in [1.29, 1.82) is 0 Å². The molecule has 0 saturated carbocycles. The molecule has 124 valence electrons. The van der Waals surface area contributed by atoms with Crippen molar-refractivity contribution in [1.82, 2.24) is 10.9 Å². The van der Waals surface area contributed by atoms with Crippen molar-refractivity contribution in [3.63, 3.8) is 0 Å². The Morgan fingerprint density at radius 3 is 2.46 bits per heavy atom. The van der Waals surface area contributed by atoms with Gasteiger partial charge in [-0.15, -0.1) is 0 Å². The molecule has 0 aliphatic rings. The predicted octanol–water partition coefficient (Wildman–Crippen LogP) is 1.40. The van der Waals surface area contributed by atoms with Crippen LogP contribution >= 0.6 is 0 Å². The molecule has 2 rings (SSSR count). The molecular weight excluding hydrogens is 312 g/mol. The monoisotopic (exact) mass is 328 g/mol. The van der Waals surface area contributed by atoms with E-state index in [4.69, 9.17) is 9.84 Å². The third kappa shape index (κ3) is 4.84. The van der Waals surface area contributed by atoms with Crippen LogP contribution in [0.15, 0.2) is 54.6 Å². The number of carboxylic acid groups (broad SMARTS) is 1. The molecule has 0 fully saturated rings. The van der Waals surface area contributed by atoms with Crippen LogP contribution in [0.25, 0.3) is 10.8 Å². The quantitative estimate of drug-likeness (QED) is 0.568. The largest absolute Gasteiger partial charge is 0.481 e. The summed E-state index contributed by atoms with van der Waals surface area (Å²) in [6.07, 6.45) is 0.600. The first-order chi connectivity index (χ1) is 11.5. The maximum absolute atomic E-state index is 11.9. The van der Waals surface area contributed by atoms with Gasteiger partial charge in [0.25, 0.3) is 11.8 Å². The van der Waals surface area contributed by atoms with Crippen LogP contribution in [0.2, 0.25) is 0 Å². The van der Waals surface area contributed by atoms with Gasteiger partial charge >= 0.3 is 5.97 Å². The summed E-state index contributed by atoms with van der Waals surface area (Å²) in [5.41, 5.74) is 4.22. The van der Waals surface area contributed by atoms with E-state index in [1.807, 2.05) is 36.4 Å². The highest BCUT2D eigenvalue weighted by molar-refractivity contribution is 5.95. The lowest BCUT2D eigenvalue weighted by Gasteiger charge is -2.15. The molecule has 0 aliphatic carbocycles. The van der Waals surface area contributed by atoms with Gasteiger partial charge in [0, 0.05) is 12.2 Å². The average molecular weight is 328 g/mol. The van der Waals surface area contributed by atoms with Crippen LogP contribution in [0.5, 0.6) is 5.75 Å². The molecular formula is C17H16N2O5. The van der Waals surface area contributed by atoms with Gasteiger partial charge in [0.05, 0.1) is 0 Å². The van der Waals surface area contributed by atoms with E-state index in [1.54, 1.807) is 6.07 Å². The number of carbonyl (C=O) groups excluding carboxylic acids is 2. The maximum atomic E-state index is 11.9. The number of benzene rings is 2. The van der Waals surface area contributed by atoms with Gasteiger partial charge in [-0.2, -0.15) is 0 Å². The van der Waals surface area contributed by atoms with Gasteiger partial charge in [-0.1, -0.05) is 30.3 Å². The predicted molar refractivity (Wildman–Crippen MR) is 87.1 cm³/mol. The number of hydrogen-bond acceptors (Lipinski definition) is 4. The van der Waals surface area contributed by atoms with Crippen LogP contribution < -0.4 is 15.6 Å². The minimum Gasteiger partial charge on any atom is -0.481 e. The lowest BCUT2D eigenvalue weighted by Crippen LogP contribution is -2.46. The van der Waals surface area contributed by atoms with Crippen molar-refractivity contribution in [2.75, 3.05) is 0 Å². The molecule has 0 aliphatic heterocycles. The third-order valence-corrected chi connectivity index (χ3v) is 3.09. The highest BCUT2D eigenvalue weighted by Gasteiger charge is 2.15. The van der Waals surface area contributed by atoms with Crippen LogP contribution in [0.4, 0.5) is 0 Å². The number of rotatable bonds is 5. The van der Waals surface area contributed by atoms with E-state index in [9.17, 15) is 14.4 Å². The molecule has 2 aromatic carbocycles. The summed E-state index contributed by atoms with van der Waals surface area (Å²) in [5, 5.41) is 10.4. The summed E-state index contributed by atoms with van der Waals surface area (Å²) >= 11 is 0. The standard InChI is InChI=1S/C17H16N2O5/c1-11(17(23)19-18-15(20)8-9-16(21)22)24-14-7-6-12-4-2-3-5-13(12)10-14/h2-11H,1H3,(H,18,20)(H,19,23)(H,21,22)/b9-8+/t11-/m0/s1. The van der Waals surface area contributed by atoms with Gasteiger partial charge in [-0.3, -0.25) is 20.4 Å². The summed E-state index contributed by atoms with van der Waals surface area (Å²) in [7, 11) is 0. The molecule has 1 atom stereocenters. The number of nitrogens with one attached hydrogen (secondary N) is 2. The highest BCUT2D eigenvalue weighted by atomic mass is 16.5. The molecule has 3 N–H and O–H groups in total. The van der Waals surface area contributed by atoms with Crippen LogP contribution in [-0.4, -0.2) is 29.0 Å². The fourth-order valence-corrected chi connectivity index (χ4v) is 1.91. The Kier molecular flexibility index (Phi) is 5.51. The molecule has 24 heavy (non-hydrogen) atoms. The molecule has 0 radical (unpaired) electrons. The summed E-state index contributed by atoms with van der Waals surface area (Å²) in [5.74, 6) is -2.07. The molecule has 2 aromatic rings. The van der Waals surface area contributed by atoms with Crippen molar-refractivity contribution < 1.29 is 24.2 Å². The van der Waals surface area contributed by atoms with Gasteiger partial charge in [0.1, 0.15) is 5.75 Å². The molecule has 0 saturated heterocycles. The number of aliphatic carboxylic acids is 1. The zero-order valence-corrected chi connectivity index (χ0v) is 12.9. The summed E-state index contributed by atoms with van der Waals surface area (Å²) in [4.78, 5) is 33.4. The second-order valence-corrected chi connectivity index (χ2v) is 4.92. The molecule has 0 unspecified atom stereocenters. The van der Waals surface area contributed by atoms with Gasteiger partial charge in [0.2, 0.25) is 0 Å². The summed E-state index contributed by atoms with van der Waals surface area (Å²) < 4.78 is 5.54. The number of amides is 2. The van der Waals surface area contributed by atoms with Crippen LogP contribution in [0.1, 0.15) is 6.92 Å². The zero-order valence-electron chi connectivity index (χ0n) is 12.9. The summed E-state index contributed by atoms with van der Waals surface area (Å²) in [6.45, 7) is 1.53. The average Bonchev–Trinajstić information content (AvgIpc) is 2.57. The van der Waals surface area contributed by atoms with Crippen molar-refractivity contribution in [2.24, 2.45) is 0 Å².